The van der Waals surface area contributed by atoms with E-state index in [1.54, 1.807) is 22.9 Å². The molecule has 1 aliphatic carbocycles. The van der Waals surface area contributed by atoms with Crippen molar-refractivity contribution in [3.8, 4) is 11.4 Å². The van der Waals surface area contributed by atoms with Crippen molar-refractivity contribution in [1.82, 2.24) is 25.5 Å². The molecule has 218 valence electrons. The van der Waals surface area contributed by atoms with E-state index in [1.807, 2.05) is 50.4 Å². The molecular formula is C32H34Cl2N6O2. The number of anilines is 1. The quantitative estimate of drug-likeness (QED) is 0.222. The number of aromatic nitrogens is 4. The molecule has 1 heterocycles. The monoisotopic (exact) mass is 604 g/mol. The Morgan fingerprint density at radius 3 is 2.31 bits per heavy atom. The van der Waals surface area contributed by atoms with Gasteiger partial charge in [-0.1, -0.05) is 78.9 Å². The number of amides is 2. The summed E-state index contributed by atoms with van der Waals surface area (Å²) in [5.74, 6) is 0.447. The van der Waals surface area contributed by atoms with Gasteiger partial charge >= 0.3 is 0 Å². The molecule has 0 saturated heterocycles. The first kappa shape index (κ1) is 29.7. The Balaban J connectivity index is 1.23. The zero-order valence-corrected chi connectivity index (χ0v) is 25.3. The highest BCUT2D eigenvalue weighted by Crippen LogP contribution is 2.40. The summed E-state index contributed by atoms with van der Waals surface area (Å²) in [7, 11) is 1.82. The van der Waals surface area contributed by atoms with Gasteiger partial charge in [0, 0.05) is 24.3 Å². The molecule has 8 nitrogen and oxygen atoms in total. The lowest BCUT2D eigenvalue weighted by Gasteiger charge is -2.37. The lowest BCUT2D eigenvalue weighted by molar-refractivity contribution is -0.133. The molecule has 0 radical (unpaired) electrons. The van der Waals surface area contributed by atoms with Gasteiger partial charge in [-0.05, 0) is 84.5 Å². The van der Waals surface area contributed by atoms with Gasteiger partial charge < -0.3 is 10.6 Å². The third-order valence-electron chi connectivity index (χ3n) is 7.96. The fourth-order valence-corrected chi connectivity index (χ4v) is 6.38. The molecule has 1 unspecified atom stereocenters. The Bertz CT molecular complexity index is 1540. The van der Waals surface area contributed by atoms with E-state index in [2.05, 4.69) is 38.3 Å². The number of tetrazole rings is 1. The summed E-state index contributed by atoms with van der Waals surface area (Å²) in [6, 6.07) is 20.7. The average Bonchev–Trinajstić information content (AvgIpc) is 3.40. The summed E-state index contributed by atoms with van der Waals surface area (Å²) >= 11 is 12.3. The number of carbonyl (C=O) groups is 2. The summed E-state index contributed by atoms with van der Waals surface area (Å²) in [6.07, 6.45) is 6.31. The van der Waals surface area contributed by atoms with E-state index in [4.69, 9.17) is 23.2 Å². The van der Waals surface area contributed by atoms with Gasteiger partial charge in [-0.25, -0.2) is 4.68 Å². The SMILES string of the molecule is CC(Cc1ccc(NC(=O)c2c(Cl)cccc2Cl)cc1)NC(=O)C1(Cc2cccc(-c3nnnn3C)c2)CCCCC1. The van der Waals surface area contributed by atoms with Gasteiger partial charge in [0.05, 0.1) is 21.0 Å². The maximum Gasteiger partial charge on any atom is 0.258 e. The summed E-state index contributed by atoms with van der Waals surface area (Å²) in [5.41, 5.74) is 3.54. The van der Waals surface area contributed by atoms with Crippen molar-refractivity contribution < 1.29 is 9.59 Å². The number of carbonyl (C=O) groups excluding carboxylic acids is 2. The molecule has 1 atom stereocenters. The smallest absolute Gasteiger partial charge is 0.258 e. The maximum atomic E-state index is 13.8. The molecule has 1 saturated carbocycles. The van der Waals surface area contributed by atoms with E-state index < -0.39 is 5.41 Å². The van der Waals surface area contributed by atoms with Crippen LogP contribution in [-0.4, -0.2) is 38.1 Å². The minimum Gasteiger partial charge on any atom is -0.353 e. The van der Waals surface area contributed by atoms with Crippen molar-refractivity contribution in [2.45, 2.75) is 57.9 Å². The van der Waals surface area contributed by atoms with Crippen LogP contribution in [0.5, 0.6) is 0 Å². The highest BCUT2D eigenvalue weighted by atomic mass is 35.5. The Hall–Kier alpha value is -3.75. The number of hydrogen-bond donors (Lipinski definition) is 2. The third kappa shape index (κ3) is 6.82. The molecule has 2 N–H and O–H groups in total. The molecule has 3 aromatic carbocycles. The van der Waals surface area contributed by atoms with Crippen LogP contribution in [0.4, 0.5) is 5.69 Å². The summed E-state index contributed by atoms with van der Waals surface area (Å²) in [5, 5.41) is 18.6. The molecule has 10 heteroatoms. The summed E-state index contributed by atoms with van der Waals surface area (Å²) in [4.78, 5) is 26.5. The second-order valence-corrected chi connectivity index (χ2v) is 12.0. The second-order valence-electron chi connectivity index (χ2n) is 11.2. The lowest BCUT2D eigenvalue weighted by Crippen LogP contribution is -2.47. The van der Waals surface area contributed by atoms with Crippen LogP contribution in [0.15, 0.2) is 66.7 Å². The van der Waals surface area contributed by atoms with Crippen molar-refractivity contribution in [1.29, 1.82) is 0 Å². The molecule has 0 spiro atoms. The van der Waals surface area contributed by atoms with Gasteiger partial charge in [-0.3, -0.25) is 9.59 Å². The fraction of sp³-hybridized carbons (Fsp3) is 0.344. The largest absolute Gasteiger partial charge is 0.353 e. The van der Waals surface area contributed by atoms with E-state index in [-0.39, 0.29) is 23.4 Å². The lowest BCUT2D eigenvalue weighted by atomic mass is 9.69. The van der Waals surface area contributed by atoms with Crippen molar-refractivity contribution in [3.63, 3.8) is 0 Å². The van der Waals surface area contributed by atoms with Gasteiger partial charge in [-0.15, -0.1) is 5.10 Å². The molecule has 0 bridgehead atoms. The molecule has 4 aromatic rings. The van der Waals surface area contributed by atoms with Crippen LogP contribution < -0.4 is 10.6 Å². The highest BCUT2D eigenvalue weighted by molar-refractivity contribution is 6.40. The number of benzene rings is 3. The van der Waals surface area contributed by atoms with E-state index in [0.717, 1.165) is 48.8 Å². The van der Waals surface area contributed by atoms with E-state index >= 15 is 0 Å². The van der Waals surface area contributed by atoms with Crippen molar-refractivity contribution in [3.05, 3.63) is 93.5 Å². The van der Waals surface area contributed by atoms with Crippen LogP contribution in [0.2, 0.25) is 10.0 Å². The topological polar surface area (TPSA) is 102 Å². The molecule has 0 aliphatic heterocycles. The molecule has 2 amide bonds. The van der Waals surface area contributed by atoms with Crippen LogP contribution in [-0.2, 0) is 24.7 Å². The van der Waals surface area contributed by atoms with Crippen LogP contribution in [0.3, 0.4) is 0 Å². The zero-order chi connectivity index (χ0) is 29.7. The van der Waals surface area contributed by atoms with Crippen LogP contribution >= 0.6 is 23.2 Å². The Kier molecular flexibility index (Phi) is 9.24. The van der Waals surface area contributed by atoms with Gasteiger partial charge in [0.25, 0.3) is 5.91 Å². The molecule has 42 heavy (non-hydrogen) atoms. The van der Waals surface area contributed by atoms with Crippen LogP contribution in [0.25, 0.3) is 11.4 Å². The van der Waals surface area contributed by atoms with Gasteiger partial charge in [0.15, 0.2) is 5.82 Å². The van der Waals surface area contributed by atoms with Crippen molar-refractivity contribution in [2.24, 2.45) is 12.5 Å². The van der Waals surface area contributed by atoms with Gasteiger partial charge in [0.1, 0.15) is 0 Å². The highest BCUT2D eigenvalue weighted by Gasteiger charge is 2.40. The van der Waals surface area contributed by atoms with Crippen molar-refractivity contribution in [2.75, 3.05) is 5.32 Å². The summed E-state index contributed by atoms with van der Waals surface area (Å²) < 4.78 is 1.65. The minimum atomic E-state index is -0.447. The number of halogens is 2. The Morgan fingerprint density at radius 1 is 0.952 bits per heavy atom. The molecule has 1 aromatic heterocycles. The average molecular weight is 606 g/mol. The number of aryl methyl sites for hydroxylation is 1. The first-order valence-electron chi connectivity index (χ1n) is 14.2. The molecule has 5 rings (SSSR count). The number of hydrogen-bond acceptors (Lipinski definition) is 5. The first-order valence-corrected chi connectivity index (χ1v) is 15.0. The maximum absolute atomic E-state index is 13.8. The standard InChI is InChI=1S/C32H34Cl2N6O2/c1-21(18-22-12-14-25(15-13-22)36-30(41)28-26(33)10-7-11-27(28)34)35-31(42)32(16-4-3-5-17-32)20-23-8-6-9-24(19-23)29-37-38-39-40(29)2/h6-15,19,21H,3-5,16-18,20H2,1-2H3,(H,35,42)(H,36,41). The van der Waals surface area contributed by atoms with Gasteiger partial charge in [0.2, 0.25) is 5.91 Å². The number of nitrogens with zero attached hydrogens (tertiary/aromatic N) is 4. The minimum absolute atomic E-state index is 0.0604. The Morgan fingerprint density at radius 2 is 1.64 bits per heavy atom. The van der Waals surface area contributed by atoms with E-state index in [0.29, 0.717) is 34.4 Å². The number of nitrogens with one attached hydrogen (secondary N) is 2. The van der Waals surface area contributed by atoms with Crippen LogP contribution in [0, 0.1) is 5.41 Å². The fourth-order valence-electron chi connectivity index (χ4n) is 5.81. The van der Waals surface area contributed by atoms with E-state index in [1.165, 1.54) is 0 Å². The van der Waals surface area contributed by atoms with Crippen LogP contribution in [0.1, 0.15) is 60.5 Å². The second kappa shape index (κ2) is 13.0. The van der Waals surface area contributed by atoms with Gasteiger partial charge in [-0.2, -0.15) is 0 Å². The zero-order valence-electron chi connectivity index (χ0n) is 23.7. The first-order chi connectivity index (χ1) is 20.2. The van der Waals surface area contributed by atoms with E-state index in [9.17, 15) is 9.59 Å². The normalized spacial score (nSPS) is 15.1. The predicted octanol–water partition coefficient (Wildman–Crippen LogP) is 6.68. The third-order valence-corrected chi connectivity index (χ3v) is 8.59. The molecule has 1 fully saturated rings. The molecule has 1 aliphatic rings. The van der Waals surface area contributed by atoms with Crippen molar-refractivity contribution >= 4 is 40.7 Å². The predicted molar refractivity (Wildman–Crippen MR) is 166 cm³/mol. The number of rotatable bonds is 9. The molecular weight excluding hydrogens is 571 g/mol. The Labute approximate surface area is 255 Å². The summed E-state index contributed by atoms with van der Waals surface area (Å²) in [6.45, 7) is 2.03.